The summed E-state index contributed by atoms with van der Waals surface area (Å²) in [5, 5.41) is 77.3. The van der Waals surface area contributed by atoms with E-state index in [1.54, 1.807) is 26.2 Å². The fourth-order valence-corrected chi connectivity index (χ4v) is 21.1. The summed E-state index contributed by atoms with van der Waals surface area (Å²) in [5.41, 5.74) is 0.435. The molecule has 11 fully saturated rings. The maximum atomic E-state index is 12.6. The minimum Gasteiger partial charge on any atom is -0.458 e. The zero-order valence-corrected chi connectivity index (χ0v) is 49.8. The number of hydrogen-bond donors (Lipinski definition) is 7. The van der Waals surface area contributed by atoms with Crippen LogP contribution in [-0.4, -0.2) is 146 Å². The van der Waals surface area contributed by atoms with Gasteiger partial charge in [-0.3, -0.25) is 0 Å². The van der Waals surface area contributed by atoms with Gasteiger partial charge in [0.1, 0.15) is 24.9 Å². The van der Waals surface area contributed by atoms with Gasteiger partial charge in [0.05, 0.1) is 66.3 Å². The highest BCUT2D eigenvalue weighted by atomic mass is 16.7. The Kier molecular flexibility index (Phi) is 16.3. The van der Waals surface area contributed by atoms with Crippen molar-refractivity contribution in [2.45, 2.75) is 286 Å². The quantitative estimate of drug-likeness (QED) is 0.0983. The zero-order chi connectivity index (χ0) is 58.1. The van der Waals surface area contributed by atoms with Gasteiger partial charge in [-0.1, -0.05) is 27.7 Å². The molecule has 0 unspecified atom stereocenters. The van der Waals surface area contributed by atoms with Gasteiger partial charge < -0.3 is 73.3 Å². The molecule has 0 amide bonds. The number of carbonyl (C=O) groups is 1. The predicted octanol–water partition coefficient (Wildman–Crippen LogP) is 7.49. The molecule has 12 aliphatic rings. The lowest BCUT2D eigenvalue weighted by Crippen LogP contribution is -2.62. The third kappa shape index (κ3) is 10.1. The van der Waals surface area contributed by atoms with Crippen LogP contribution in [0.25, 0.3) is 0 Å². The summed E-state index contributed by atoms with van der Waals surface area (Å²) in [4.78, 5) is 23.3. The van der Waals surface area contributed by atoms with Crippen LogP contribution in [0.15, 0.2) is 39.3 Å². The Hall–Kier alpha value is -2.36. The Morgan fingerprint density at radius 1 is 0.524 bits per heavy atom. The normalized spacial score (nSPS) is 53.4. The first-order valence-electron chi connectivity index (χ1n) is 32.1. The van der Waals surface area contributed by atoms with Crippen LogP contribution in [-0.2, 0) is 38.0 Å². The van der Waals surface area contributed by atoms with Gasteiger partial charge in [-0.05, 0) is 212 Å². The van der Waals surface area contributed by atoms with Crippen molar-refractivity contribution in [3.63, 3.8) is 0 Å². The lowest BCUT2D eigenvalue weighted by molar-refractivity contribution is -0.336. The van der Waals surface area contributed by atoms with E-state index in [1.165, 1.54) is 12.5 Å². The summed E-state index contributed by atoms with van der Waals surface area (Å²) in [6, 6.07) is 3.42. The molecule has 1 aromatic heterocycles. The highest BCUT2D eigenvalue weighted by molar-refractivity contribution is 5.85. The average molecular weight is 1150 g/mol. The molecule has 0 bridgehead atoms. The smallest absolute Gasteiger partial charge is 0.335 e. The second-order valence-electron chi connectivity index (χ2n) is 29.5. The summed E-state index contributed by atoms with van der Waals surface area (Å²) < 4.78 is 47.4. The molecular weight excluding hydrogens is 1050 g/mol. The monoisotopic (exact) mass is 1150 g/mol. The van der Waals surface area contributed by atoms with Crippen LogP contribution in [0.2, 0.25) is 0 Å². The minimum atomic E-state index is -0.996. The molecule has 17 nitrogen and oxygen atoms in total. The van der Waals surface area contributed by atoms with E-state index in [0.29, 0.717) is 36.2 Å². The maximum absolute atomic E-state index is 12.6. The predicted molar refractivity (Wildman–Crippen MR) is 298 cm³/mol. The van der Waals surface area contributed by atoms with Crippen molar-refractivity contribution in [3.05, 3.63) is 46.0 Å². The van der Waals surface area contributed by atoms with Crippen molar-refractivity contribution in [3.8, 4) is 0 Å². The Labute approximate surface area is 484 Å². The number of esters is 1. The summed E-state index contributed by atoms with van der Waals surface area (Å²) in [6.07, 6.45) is 12.6. The second kappa shape index (κ2) is 22.3. The Bertz CT molecular complexity index is 2500. The summed E-state index contributed by atoms with van der Waals surface area (Å²) in [6.45, 7) is 15.1. The molecule has 82 heavy (non-hydrogen) atoms. The number of hydrogen-bond acceptors (Lipinski definition) is 17. The van der Waals surface area contributed by atoms with Gasteiger partial charge in [0, 0.05) is 42.2 Å². The minimum absolute atomic E-state index is 0.0243. The van der Waals surface area contributed by atoms with Gasteiger partial charge in [0.25, 0.3) is 0 Å². The molecule has 28 atom stereocenters. The lowest BCUT2D eigenvalue weighted by atomic mass is 9.43. The summed E-state index contributed by atoms with van der Waals surface area (Å²) in [7, 11) is 0. The zero-order valence-electron chi connectivity index (χ0n) is 49.8. The molecule has 0 radical (unpaired) electrons. The number of rotatable bonds is 8. The van der Waals surface area contributed by atoms with Crippen LogP contribution < -0.4 is 5.63 Å². The van der Waals surface area contributed by atoms with E-state index in [1.807, 2.05) is 13.0 Å². The second-order valence-corrected chi connectivity index (χ2v) is 29.5. The number of cyclic esters (lactones) is 1. The number of carbonyl (C=O) groups excluding carboxylic acids is 1. The van der Waals surface area contributed by atoms with Gasteiger partial charge in [-0.2, -0.15) is 0 Å². The molecule has 8 aliphatic carbocycles. The third-order valence-corrected chi connectivity index (χ3v) is 25.8. The van der Waals surface area contributed by atoms with Crippen LogP contribution in [0.5, 0.6) is 0 Å². The van der Waals surface area contributed by atoms with Gasteiger partial charge >= 0.3 is 11.6 Å². The number of fused-ring (bicyclic) bond motifs is 10. The molecule has 0 aromatic carbocycles. The van der Waals surface area contributed by atoms with E-state index in [4.69, 9.17) is 37.6 Å². The van der Waals surface area contributed by atoms with Crippen LogP contribution in [0.1, 0.15) is 195 Å². The maximum Gasteiger partial charge on any atom is 0.335 e. The van der Waals surface area contributed by atoms with Crippen LogP contribution in [0.3, 0.4) is 0 Å². The van der Waals surface area contributed by atoms with Gasteiger partial charge in [0.15, 0.2) is 18.9 Å². The third-order valence-electron chi connectivity index (χ3n) is 25.8. The largest absolute Gasteiger partial charge is 0.458 e. The SMILES string of the molecule is C[C@H]1O[C@@H](O[C@H]2[C@@H](O)C[C@H](O[C@H]3[C@@H](O)C[C@H](O[C@H]4CC[C@@]5(C)[C@H](CC[C@@H]6[C@@H]5CC[C@]5(C)[C@@H](C7=CC(=O)OC7)CC[C@]65O)C4)O[C@@H]3C)O[C@@H]2C)C[C@H](O)[C@@H]1O.C[C@]12CC[C@H](O)C[C@H]1CC[C@@H]1[C@@H]2CC[C@]2(C)[C@@H](c3ccc(=O)oc3)CC[C@]12O. The van der Waals surface area contributed by atoms with Crippen LogP contribution in [0, 0.1) is 63.1 Å². The van der Waals surface area contributed by atoms with E-state index >= 15 is 0 Å². The first-order chi connectivity index (χ1) is 38.9. The lowest BCUT2D eigenvalue weighted by Gasteiger charge is -2.64. The Morgan fingerprint density at radius 3 is 1.59 bits per heavy atom. The van der Waals surface area contributed by atoms with Crippen molar-refractivity contribution >= 4 is 5.97 Å². The van der Waals surface area contributed by atoms with E-state index in [9.17, 15) is 45.3 Å². The van der Waals surface area contributed by atoms with E-state index in [0.717, 1.165) is 120 Å². The highest BCUT2D eigenvalue weighted by Crippen LogP contribution is 2.72. The molecule has 13 rings (SSSR count). The van der Waals surface area contributed by atoms with Gasteiger partial charge in [0.2, 0.25) is 0 Å². The van der Waals surface area contributed by atoms with Crippen molar-refractivity contribution in [1.82, 2.24) is 0 Å². The topological polar surface area (TPSA) is 253 Å². The van der Waals surface area contributed by atoms with Crippen molar-refractivity contribution in [1.29, 1.82) is 0 Å². The molecular formula is C65H98O17. The van der Waals surface area contributed by atoms with Crippen molar-refractivity contribution in [2.24, 2.45) is 63.1 Å². The van der Waals surface area contributed by atoms with Crippen LogP contribution in [0.4, 0.5) is 0 Å². The first-order valence-corrected chi connectivity index (χ1v) is 32.1. The standard InChI is InChI=1S/C41H64O13.C24H34O4/c1-20-36(46)29(42)16-34(49-20)53-38-22(3)51-35(18-31(38)44)54-37-21(2)50-33(17-30(37)43)52-25-8-11-39(4)24(15-25)6-7-28-27(39)9-12-40(5)26(10-13-41(28,40)47)23-14-32(45)48-19-23;1-22-10-7-17(25)13-16(22)4-5-20-19(22)8-11-23(2)18(9-12-24(20,23)27)15-3-6-21(26)28-14-15/h14,20-22,24-31,33-38,42-44,46-47H,6-13,15-19H2,1-5H3;3,6,14,16-20,25,27H,4-5,7-13H2,1-2H3/t20-,21-,22-,24-,25+,26-,27+,28-,29+,30+,31+,33+,34+,35+,36-,37-,38-,39+,40-,41+;16-,17+,18-,19+,20-,22+,23-,24+/m11/s1. The van der Waals surface area contributed by atoms with Crippen molar-refractivity contribution in [2.75, 3.05) is 6.61 Å². The Balaban J connectivity index is 0.000000198. The molecule has 17 heteroatoms. The molecule has 4 aliphatic heterocycles. The summed E-state index contributed by atoms with van der Waals surface area (Å²) in [5.74, 6) is 2.90. The van der Waals surface area contributed by atoms with E-state index in [-0.39, 0.29) is 82.5 Å². The summed E-state index contributed by atoms with van der Waals surface area (Å²) >= 11 is 0. The Morgan fingerprint density at radius 2 is 1.05 bits per heavy atom. The fourth-order valence-electron chi connectivity index (χ4n) is 21.1. The highest BCUT2D eigenvalue weighted by Gasteiger charge is 2.69. The molecule has 8 saturated carbocycles. The number of ether oxygens (including phenoxy) is 7. The molecule has 5 heterocycles. The number of aliphatic hydroxyl groups is 7. The average Bonchev–Trinajstić information content (AvgIpc) is 3.92. The van der Waals surface area contributed by atoms with Gasteiger partial charge in [-0.15, -0.1) is 0 Å². The number of aliphatic hydroxyl groups excluding tert-OH is 5. The molecule has 3 saturated heterocycles. The molecule has 0 spiro atoms. The fraction of sp³-hybridized carbons (Fsp3) is 0.877. The molecule has 460 valence electrons. The molecule has 7 N–H and O–H groups in total. The first kappa shape index (κ1) is 59.9. The molecule has 1 aromatic rings. The van der Waals surface area contributed by atoms with Crippen molar-refractivity contribution < 1.29 is 78.1 Å². The van der Waals surface area contributed by atoms with E-state index < -0.39 is 85.0 Å². The van der Waals surface area contributed by atoms with Crippen LogP contribution >= 0.6 is 0 Å². The van der Waals surface area contributed by atoms with E-state index in [2.05, 4.69) is 27.7 Å². The van der Waals surface area contributed by atoms with Gasteiger partial charge in [-0.25, -0.2) is 9.59 Å².